The molecule has 124 valence electrons. The fraction of sp³-hybridized carbons (Fsp3) is 0.412. The zero-order valence-electron chi connectivity index (χ0n) is 13.5. The largest absolute Gasteiger partial charge is 0.334 e. The number of aryl methyl sites for hydroxylation is 1. The third-order valence-electron chi connectivity index (χ3n) is 4.89. The van der Waals surface area contributed by atoms with Gasteiger partial charge in [-0.15, -0.1) is 0 Å². The van der Waals surface area contributed by atoms with E-state index in [1.165, 1.54) is 0 Å². The van der Waals surface area contributed by atoms with Gasteiger partial charge in [0, 0.05) is 12.4 Å². The number of rotatable bonds is 2. The first-order valence-electron chi connectivity index (χ1n) is 8.23. The Balaban J connectivity index is 1.85. The Kier molecular flexibility index (Phi) is 3.37. The molecular formula is C17H19N5O2. The second kappa shape index (κ2) is 5.43. The van der Waals surface area contributed by atoms with Gasteiger partial charge in [-0.2, -0.15) is 0 Å². The minimum Gasteiger partial charge on any atom is -0.334 e. The molecule has 24 heavy (non-hydrogen) atoms. The van der Waals surface area contributed by atoms with E-state index < -0.39 is 5.66 Å². The molecule has 7 heteroatoms. The first-order valence-corrected chi connectivity index (χ1v) is 8.23. The summed E-state index contributed by atoms with van der Waals surface area (Å²) in [5.41, 5.74) is 0.902. The Bertz CT molecular complexity index is 853. The molecule has 0 saturated heterocycles. The Morgan fingerprint density at radius 3 is 2.71 bits per heavy atom. The van der Waals surface area contributed by atoms with Gasteiger partial charge in [0.2, 0.25) is 0 Å². The topological polar surface area (TPSA) is 88.9 Å². The summed E-state index contributed by atoms with van der Waals surface area (Å²) < 4.78 is 1.67. The fourth-order valence-corrected chi connectivity index (χ4v) is 3.84. The lowest BCUT2D eigenvalue weighted by atomic mass is 9.89. The molecule has 1 saturated carbocycles. The molecule has 0 bridgehead atoms. The molecule has 2 N–H and O–H groups in total. The molecule has 1 aliphatic carbocycles. The smallest absolute Gasteiger partial charge is 0.276 e. The van der Waals surface area contributed by atoms with Crippen molar-refractivity contribution in [3.63, 3.8) is 0 Å². The molecule has 3 heterocycles. The minimum atomic E-state index is -0.577. The second-order valence-electron chi connectivity index (χ2n) is 6.49. The second-order valence-corrected chi connectivity index (χ2v) is 6.49. The number of aromatic nitrogens is 3. The van der Waals surface area contributed by atoms with Gasteiger partial charge in [0.05, 0.1) is 6.20 Å². The van der Waals surface area contributed by atoms with E-state index in [-0.39, 0.29) is 11.5 Å². The number of amides is 1. The average Bonchev–Trinajstić information content (AvgIpc) is 2.86. The van der Waals surface area contributed by atoms with E-state index in [1.54, 1.807) is 29.2 Å². The molecule has 0 unspecified atom stereocenters. The van der Waals surface area contributed by atoms with Crippen LogP contribution in [0.1, 0.15) is 48.2 Å². The van der Waals surface area contributed by atoms with Crippen LogP contribution < -0.4 is 16.2 Å². The van der Waals surface area contributed by atoms with E-state index in [2.05, 4.69) is 20.6 Å². The lowest BCUT2D eigenvalue weighted by molar-refractivity contribution is 0.0876. The normalized spacial score (nSPS) is 18.3. The van der Waals surface area contributed by atoms with Crippen LogP contribution >= 0.6 is 0 Å². The highest BCUT2D eigenvalue weighted by atomic mass is 16.2. The average molecular weight is 325 g/mol. The molecule has 0 atom stereocenters. The molecule has 0 radical (unpaired) electrons. The summed E-state index contributed by atoms with van der Waals surface area (Å²) in [4.78, 5) is 33.7. The molecule has 1 fully saturated rings. The van der Waals surface area contributed by atoms with Crippen LogP contribution in [0.3, 0.4) is 0 Å². The maximum absolute atomic E-state index is 13.1. The van der Waals surface area contributed by atoms with Crippen molar-refractivity contribution in [2.45, 2.75) is 44.7 Å². The quantitative estimate of drug-likeness (QED) is 0.882. The van der Waals surface area contributed by atoms with Gasteiger partial charge in [0.25, 0.3) is 11.5 Å². The summed E-state index contributed by atoms with van der Waals surface area (Å²) in [5, 5.41) is 6.11. The number of hydrogen-bond acceptors (Lipinski definition) is 5. The van der Waals surface area contributed by atoms with Crippen LogP contribution in [0.4, 0.5) is 11.5 Å². The monoisotopic (exact) mass is 325 g/mol. The molecule has 2 aromatic heterocycles. The van der Waals surface area contributed by atoms with Crippen molar-refractivity contribution in [3.8, 4) is 0 Å². The van der Waals surface area contributed by atoms with Crippen LogP contribution in [-0.4, -0.2) is 20.4 Å². The number of anilines is 2. The van der Waals surface area contributed by atoms with Crippen LogP contribution in [-0.2, 0) is 5.66 Å². The standard InChI is InChI=1S/C17H19N5O2/c1-11-9-12(20-13-10-18-7-8-19-13)16(24)22-14(11)15(23)21-17(22)5-3-2-4-6-17/h7-10H,2-6H2,1H3,(H,19,20)(H,21,23). The van der Waals surface area contributed by atoms with Crippen LogP contribution in [0.5, 0.6) is 0 Å². The number of carbonyl (C=O) groups excluding carboxylic acids is 1. The van der Waals surface area contributed by atoms with Crippen molar-refractivity contribution in [2.24, 2.45) is 0 Å². The van der Waals surface area contributed by atoms with Crippen molar-refractivity contribution in [3.05, 3.63) is 46.3 Å². The van der Waals surface area contributed by atoms with Crippen molar-refractivity contribution < 1.29 is 4.79 Å². The summed E-state index contributed by atoms with van der Waals surface area (Å²) in [6.07, 6.45) is 9.43. The van der Waals surface area contributed by atoms with Crippen molar-refractivity contribution in [1.82, 2.24) is 19.9 Å². The Morgan fingerprint density at radius 2 is 2.00 bits per heavy atom. The summed E-state index contributed by atoms with van der Waals surface area (Å²) in [6, 6.07) is 1.71. The third kappa shape index (κ3) is 2.19. The van der Waals surface area contributed by atoms with Crippen LogP contribution in [0.15, 0.2) is 29.5 Å². The van der Waals surface area contributed by atoms with E-state index >= 15 is 0 Å². The molecule has 2 aliphatic rings. The predicted octanol–water partition coefficient (Wildman–Crippen LogP) is 2.05. The summed E-state index contributed by atoms with van der Waals surface area (Å²) in [7, 11) is 0. The predicted molar refractivity (Wildman–Crippen MR) is 89.3 cm³/mol. The van der Waals surface area contributed by atoms with Gasteiger partial charge >= 0.3 is 0 Å². The lowest BCUT2D eigenvalue weighted by Gasteiger charge is -2.35. The molecule has 7 nitrogen and oxygen atoms in total. The number of nitrogens with one attached hydrogen (secondary N) is 2. The van der Waals surface area contributed by atoms with Gasteiger partial charge in [-0.3, -0.25) is 19.1 Å². The molecular weight excluding hydrogens is 306 g/mol. The van der Waals surface area contributed by atoms with Crippen LogP contribution in [0.25, 0.3) is 0 Å². The maximum atomic E-state index is 13.1. The van der Waals surface area contributed by atoms with Gasteiger partial charge in [0.1, 0.15) is 22.9 Å². The first kappa shape index (κ1) is 14.9. The first-order chi connectivity index (χ1) is 11.6. The summed E-state index contributed by atoms with van der Waals surface area (Å²) >= 11 is 0. The zero-order chi connectivity index (χ0) is 16.7. The summed E-state index contributed by atoms with van der Waals surface area (Å²) in [5.74, 6) is 0.349. The zero-order valence-corrected chi connectivity index (χ0v) is 13.5. The Morgan fingerprint density at radius 1 is 1.21 bits per heavy atom. The summed E-state index contributed by atoms with van der Waals surface area (Å²) in [6.45, 7) is 1.86. The van der Waals surface area contributed by atoms with Gasteiger partial charge in [0.15, 0.2) is 0 Å². The van der Waals surface area contributed by atoms with Crippen LogP contribution in [0, 0.1) is 6.92 Å². The van der Waals surface area contributed by atoms with Crippen molar-refractivity contribution in [2.75, 3.05) is 5.32 Å². The van der Waals surface area contributed by atoms with E-state index in [9.17, 15) is 9.59 Å². The van der Waals surface area contributed by atoms with E-state index in [0.717, 1.165) is 37.7 Å². The number of nitrogens with zero attached hydrogens (tertiary/aromatic N) is 3. The molecule has 1 aliphatic heterocycles. The number of fused-ring (bicyclic) bond motifs is 2. The van der Waals surface area contributed by atoms with E-state index in [4.69, 9.17) is 0 Å². The number of hydrogen-bond donors (Lipinski definition) is 2. The van der Waals surface area contributed by atoms with E-state index in [1.807, 2.05) is 6.92 Å². The molecule has 4 rings (SSSR count). The molecule has 1 amide bonds. The highest BCUT2D eigenvalue weighted by Crippen LogP contribution is 2.37. The SMILES string of the molecule is Cc1cc(Nc2cnccn2)c(=O)n2c1C(=O)NC21CCCCC1. The molecule has 0 aromatic carbocycles. The number of pyridine rings is 1. The maximum Gasteiger partial charge on any atom is 0.276 e. The third-order valence-corrected chi connectivity index (χ3v) is 4.89. The van der Waals surface area contributed by atoms with Gasteiger partial charge < -0.3 is 10.6 Å². The molecule has 2 aromatic rings. The fourth-order valence-electron chi connectivity index (χ4n) is 3.84. The minimum absolute atomic E-state index is 0.155. The van der Waals surface area contributed by atoms with Gasteiger partial charge in [-0.1, -0.05) is 6.42 Å². The number of carbonyl (C=O) groups is 1. The van der Waals surface area contributed by atoms with Crippen molar-refractivity contribution in [1.29, 1.82) is 0 Å². The Labute approximate surface area is 139 Å². The Hall–Kier alpha value is -2.70. The highest BCUT2D eigenvalue weighted by Gasteiger charge is 2.45. The van der Waals surface area contributed by atoms with Gasteiger partial charge in [-0.25, -0.2) is 4.98 Å². The lowest BCUT2D eigenvalue weighted by Crippen LogP contribution is -2.48. The van der Waals surface area contributed by atoms with E-state index in [0.29, 0.717) is 17.2 Å². The highest BCUT2D eigenvalue weighted by molar-refractivity contribution is 5.97. The van der Waals surface area contributed by atoms with Crippen molar-refractivity contribution >= 4 is 17.4 Å². The van der Waals surface area contributed by atoms with Gasteiger partial charge in [-0.05, 0) is 44.2 Å². The van der Waals surface area contributed by atoms with Crippen LogP contribution in [0.2, 0.25) is 0 Å². The molecule has 1 spiro atoms.